The number of halogens is 1. The summed E-state index contributed by atoms with van der Waals surface area (Å²) in [7, 11) is 3.46. The van der Waals surface area contributed by atoms with Crippen LogP contribution in [0.3, 0.4) is 0 Å². The molecule has 7 nitrogen and oxygen atoms in total. The minimum absolute atomic E-state index is 0.104. The van der Waals surface area contributed by atoms with Crippen molar-refractivity contribution in [3.63, 3.8) is 0 Å². The van der Waals surface area contributed by atoms with Crippen LogP contribution < -0.4 is 16.0 Å². The maximum atomic E-state index is 12.3. The Morgan fingerprint density at radius 1 is 1.38 bits per heavy atom. The van der Waals surface area contributed by atoms with Crippen molar-refractivity contribution < 1.29 is 9.59 Å². The summed E-state index contributed by atoms with van der Waals surface area (Å²) in [5.41, 5.74) is 2.39. The molecule has 0 bridgehead atoms. The van der Waals surface area contributed by atoms with Crippen molar-refractivity contribution in [2.24, 2.45) is 7.05 Å². The molecule has 24 heavy (non-hydrogen) atoms. The predicted molar refractivity (Wildman–Crippen MR) is 95.5 cm³/mol. The molecular weight excluding hydrogens is 374 g/mol. The maximum Gasteiger partial charge on any atom is 0.243 e. The average molecular weight is 394 g/mol. The first-order valence-corrected chi connectivity index (χ1v) is 8.19. The lowest BCUT2D eigenvalue weighted by molar-refractivity contribution is -0.125. The number of hydrogen-bond donors (Lipinski definition) is 3. The normalized spacial score (nSPS) is 11.8. The van der Waals surface area contributed by atoms with Gasteiger partial charge in [0.05, 0.1) is 12.7 Å². The van der Waals surface area contributed by atoms with Gasteiger partial charge < -0.3 is 16.0 Å². The standard InChI is InChI=1S/C16H20BrN5O2/c1-10-6-12(17)4-5-13(10)21-14(23)8-19-16(24)15(18-2)11-7-20-22(3)9-11/h4-7,9,15,18H,8H2,1-3H3,(H,19,24)(H,21,23). The van der Waals surface area contributed by atoms with Crippen LogP contribution in [0.4, 0.5) is 5.69 Å². The fraction of sp³-hybridized carbons (Fsp3) is 0.312. The van der Waals surface area contributed by atoms with Gasteiger partial charge >= 0.3 is 0 Å². The Morgan fingerprint density at radius 3 is 2.71 bits per heavy atom. The molecule has 8 heteroatoms. The summed E-state index contributed by atoms with van der Waals surface area (Å²) in [6.45, 7) is 1.80. The van der Waals surface area contributed by atoms with Crippen LogP contribution in [0.5, 0.6) is 0 Å². The molecule has 1 atom stereocenters. The fourth-order valence-corrected chi connectivity index (χ4v) is 2.75. The van der Waals surface area contributed by atoms with Crippen molar-refractivity contribution in [3.05, 3.63) is 46.2 Å². The van der Waals surface area contributed by atoms with E-state index in [0.29, 0.717) is 0 Å². The lowest BCUT2D eigenvalue weighted by Gasteiger charge is -2.15. The molecule has 0 saturated heterocycles. The second kappa shape index (κ2) is 8.07. The van der Waals surface area contributed by atoms with Gasteiger partial charge in [0.1, 0.15) is 6.04 Å². The molecule has 0 aliphatic rings. The minimum atomic E-state index is -0.555. The van der Waals surface area contributed by atoms with E-state index >= 15 is 0 Å². The number of hydrogen-bond acceptors (Lipinski definition) is 4. The number of carbonyl (C=O) groups excluding carboxylic acids is 2. The molecule has 1 aromatic carbocycles. The van der Waals surface area contributed by atoms with Gasteiger partial charge in [-0.15, -0.1) is 0 Å². The van der Waals surface area contributed by atoms with E-state index in [9.17, 15) is 9.59 Å². The van der Waals surface area contributed by atoms with E-state index < -0.39 is 6.04 Å². The van der Waals surface area contributed by atoms with Gasteiger partial charge in [0, 0.05) is 29.0 Å². The highest BCUT2D eigenvalue weighted by Gasteiger charge is 2.20. The van der Waals surface area contributed by atoms with Gasteiger partial charge in [-0.3, -0.25) is 14.3 Å². The van der Waals surface area contributed by atoms with E-state index in [4.69, 9.17) is 0 Å². The molecule has 2 aromatic rings. The molecule has 0 aliphatic heterocycles. The maximum absolute atomic E-state index is 12.3. The van der Waals surface area contributed by atoms with Gasteiger partial charge in [0.2, 0.25) is 11.8 Å². The van der Waals surface area contributed by atoms with Crippen LogP contribution in [0, 0.1) is 6.92 Å². The Hall–Kier alpha value is -2.19. The van der Waals surface area contributed by atoms with Crippen LogP contribution in [0.25, 0.3) is 0 Å². The molecule has 0 saturated carbocycles. The van der Waals surface area contributed by atoms with Crippen LogP contribution in [0.2, 0.25) is 0 Å². The smallest absolute Gasteiger partial charge is 0.243 e. The van der Waals surface area contributed by atoms with Crippen molar-refractivity contribution in [3.8, 4) is 0 Å². The molecule has 2 rings (SSSR count). The number of rotatable bonds is 6. The molecule has 1 heterocycles. The topological polar surface area (TPSA) is 88.1 Å². The van der Waals surface area contributed by atoms with E-state index in [-0.39, 0.29) is 18.4 Å². The second-order valence-electron chi connectivity index (χ2n) is 5.39. The highest BCUT2D eigenvalue weighted by Crippen LogP contribution is 2.19. The highest BCUT2D eigenvalue weighted by atomic mass is 79.9. The van der Waals surface area contributed by atoms with E-state index in [1.165, 1.54) is 0 Å². The first kappa shape index (κ1) is 18.2. The van der Waals surface area contributed by atoms with Gasteiger partial charge in [0.25, 0.3) is 0 Å². The Morgan fingerprint density at radius 2 is 2.12 bits per heavy atom. The number of carbonyl (C=O) groups is 2. The van der Waals surface area contributed by atoms with Gasteiger partial charge in [-0.25, -0.2) is 0 Å². The number of amides is 2. The number of aryl methyl sites for hydroxylation is 2. The Bertz CT molecular complexity index is 744. The number of aromatic nitrogens is 2. The average Bonchev–Trinajstić information content (AvgIpc) is 2.95. The van der Waals surface area contributed by atoms with E-state index in [1.807, 2.05) is 25.1 Å². The van der Waals surface area contributed by atoms with Gasteiger partial charge in [-0.05, 0) is 37.7 Å². The summed E-state index contributed by atoms with van der Waals surface area (Å²) < 4.78 is 2.57. The van der Waals surface area contributed by atoms with Crippen LogP contribution in [-0.2, 0) is 16.6 Å². The highest BCUT2D eigenvalue weighted by molar-refractivity contribution is 9.10. The third-order valence-corrected chi connectivity index (χ3v) is 3.99. The zero-order chi connectivity index (χ0) is 17.7. The van der Waals surface area contributed by atoms with Crippen molar-refractivity contribution in [2.45, 2.75) is 13.0 Å². The fourth-order valence-electron chi connectivity index (χ4n) is 2.27. The molecule has 0 fully saturated rings. The zero-order valence-electron chi connectivity index (χ0n) is 13.8. The molecule has 0 radical (unpaired) electrons. The van der Waals surface area contributed by atoms with Gasteiger partial charge in [0.15, 0.2) is 0 Å². The Balaban J connectivity index is 1.91. The van der Waals surface area contributed by atoms with Gasteiger partial charge in [-0.1, -0.05) is 15.9 Å². The van der Waals surface area contributed by atoms with E-state index in [0.717, 1.165) is 21.3 Å². The van der Waals surface area contributed by atoms with Crippen molar-refractivity contribution in [1.82, 2.24) is 20.4 Å². The largest absolute Gasteiger partial charge is 0.345 e. The number of nitrogens with one attached hydrogen (secondary N) is 3. The van der Waals surface area contributed by atoms with Gasteiger partial charge in [-0.2, -0.15) is 5.10 Å². The molecule has 2 amide bonds. The van der Waals surface area contributed by atoms with Crippen LogP contribution in [0.15, 0.2) is 35.1 Å². The monoisotopic (exact) mass is 393 g/mol. The summed E-state index contributed by atoms with van der Waals surface area (Å²) >= 11 is 3.38. The number of benzene rings is 1. The summed E-state index contributed by atoms with van der Waals surface area (Å²) in [6.07, 6.45) is 3.37. The van der Waals surface area contributed by atoms with Crippen LogP contribution >= 0.6 is 15.9 Å². The molecule has 1 aromatic heterocycles. The molecule has 1 unspecified atom stereocenters. The molecule has 0 aliphatic carbocycles. The van der Waals surface area contributed by atoms with Crippen LogP contribution in [-0.4, -0.2) is 35.2 Å². The lowest BCUT2D eigenvalue weighted by atomic mass is 10.1. The molecule has 0 spiro atoms. The first-order chi connectivity index (χ1) is 11.4. The number of nitrogens with zero attached hydrogens (tertiary/aromatic N) is 2. The van der Waals surface area contributed by atoms with Crippen molar-refractivity contribution >= 4 is 33.4 Å². The molecule has 128 valence electrons. The van der Waals surface area contributed by atoms with Crippen LogP contribution in [0.1, 0.15) is 17.2 Å². The Kier molecular flexibility index (Phi) is 6.10. The third-order valence-electron chi connectivity index (χ3n) is 3.49. The zero-order valence-corrected chi connectivity index (χ0v) is 15.3. The summed E-state index contributed by atoms with van der Waals surface area (Å²) in [5, 5.41) is 12.4. The van der Waals surface area contributed by atoms with Crippen molar-refractivity contribution in [1.29, 1.82) is 0 Å². The second-order valence-corrected chi connectivity index (χ2v) is 6.31. The first-order valence-electron chi connectivity index (χ1n) is 7.40. The summed E-state index contributed by atoms with van der Waals surface area (Å²) in [5.74, 6) is -0.567. The molecule has 3 N–H and O–H groups in total. The van der Waals surface area contributed by atoms with E-state index in [2.05, 4.69) is 37.0 Å². The summed E-state index contributed by atoms with van der Waals surface area (Å²) in [6, 6.07) is 5.01. The number of anilines is 1. The van der Waals surface area contributed by atoms with Crippen molar-refractivity contribution in [2.75, 3.05) is 18.9 Å². The predicted octanol–water partition coefficient (Wildman–Crippen LogP) is 1.51. The third kappa shape index (κ3) is 4.65. The lowest BCUT2D eigenvalue weighted by Crippen LogP contribution is -2.40. The summed E-state index contributed by atoms with van der Waals surface area (Å²) in [4.78, 5) is 24.3. The minimum Gasteiger partial charge on any atom is -0.345 e. The Labute approximate surface area is 148 Å². The van der Waals surface area contributed by atoms with E-state index in [1.54, 1.807) is 31.2 Å². The SMILES string of the molecule is CNC(C(=O)NCC(=O)Nc1ccc(Br)cc1C)c1cnn(C)c1. The molecular formula is C16H20BrN5O2. The number of likely N-dealkylation sites (N-methyl/N-ethyl adjacent to an activating group) is 1. The quantitative estimate of drug-likeness (QED) is 0.693.